The van der Waals surface area contributed by atoms with Crippen LogP contribution in [-0.2, 0) is 29.1 Å². The minimum Gasteiger partial charge on any atom is -0.375 e. The van der Waals surface area contributed by atoms with Crippen molar-refractivity contribution in [2.75, 3.05) is 39.3 Å². The number of carbonyl (C=O) groups excluding carboxylic acids is 1. The van der Waals surface area contributed by atoms with E-state index < -0.39 is 0 Å². The molecule has 0 N–H and O–H groups in total. The van der Waals surface area contributed by atoms with Crippen molar-refractivity contribution < 1.29 is 9.53 Å². The number of piperazine rings is 1. The Kier molecular flexibility index (Phi) is 6.26. The lowest BCUT2D eigenvalue weighted by molar-refractivity contribution is -0.130. The Balaban J connectivity index is 1.24. The molecule has 0 radical (unpaired) electrons. The van der Waals surface area contributed by atoms with Gasteiger partial charge < -0.3 is 9.64 Å². The van der Waals surface area contributed by atoms with E-state index in [4.69, 9.17) is 4.74 Å². The topological polar surface area (TPSA) is 50.6 Å². The minimum absolute atomic E-state index is 0.198. The molecule has 2 aliphatic rings. The number of unbranched alkanes of at least 4 members (excludes halogenated alkanes) is 1. The highest BCUT2D eigenvalue weighted by molar-refractivity contribution is 5.73. The van der Waals surface area contributed by atoms with Gasteiger partial charge >= 0.3 is 0 Å². The maximum Gasteiger partial charge on any atom is 0.219 e. The first kappa shape index (κ1) is 17.4. The second kappa shape index (κ2) is 8.62. The lowest BCUT2D eigenvalue weighted by Crippen LogP contribution is -2.48. The number of ether oxygens (including phenoxy) is 1. The SMILES string of the molecule is CC(=O)N1CCN(CCCCOCc2cc3n(n2)CCCC3)CC1. The van der Waals surface area contributed by atoms with Crippen LogP contribution in [0.15, 0.2) is 6.07 Å². The van der Waals surface area contributed by atoms with Crippen LogP contribution in [0.2, 0.25) is 0 Å². The van der Waals surface area contributed by atoms with Crippen molar-refractivity contribution in [3.05, 3.63) is 17.5 Å². The summed E-state index contributed by atoms with van der Waals surface area (Å²) in [7, 11) is 0. The summed E-state index contributed by atoms with van der Waals surface area (Å²) in [5, 5.41) is 4.61. The van der Waals surface area contributed by atoms with E-state index >= 15 is 0 Å². The Labute approximate surface area is 144 Å². The minimum atomic E-state index is 0.198. The van der Waals surface area contributed by atoms with Crippen molar-refractivity contribution in [3.8, 4) is 0 Å². The van der Waals surface area contributed by atoms with E-state index in [1.807, 2.05) is 4.90 Å². The molecule has 1 amide bonds. The van der Waals surface area contributed by atoms with Gasteiger partial charge in [-0.1, -0.05) is 0 Å². The van der Waals surface area contributed by atoms with Gasteiger partial charge in [-0.2, -0.15) is 5.10 Å². The summed E-state index contributed by atoms with van der Waals surface area (Å²) in [5.74, 6) is 0.198. The van der Waals surface area contributed by atoms with Crippen molar-refractivity contribution in [1.82, 2.24) is 19.6 Å². The van der Waals surface area contributed by atoms with E-state index in [1.54, 1.807) is 6.92 Å². The number of rotatable bonds is 7. The molecule has 6 heteroatoms. The average molecular weight is 334 g/mol. The van der Waals surface area contributed by atoms with Crippen LogP contribution >= 0.6 is 0 Å². The average Bonchev–Trinajstić information content (AvgIpc) is 3.01. The fourth-order valence-electron chi connectivity index (χ4n) is 3.55. The molecule has 3 rings (SSSR count). The van der Waals surface area contributed by atoms with Gasteiger partial charge in [-0.3, -0.25) is 14.4 Å². The number of hydrogen-bond acceptors (Lipinski definition) is 4. The van der Waals surface area contributed by atoms with Gasteiger partial charge in [-0.15, -0.1) is 0 Å². The predicted octanol–water partition coefficient (Wildman–Crippen LogP) is 1.68. The van der Waals surface area contributed by atoms with Crippen LogP contribution < -0.4 is 0 Å². The maximum atomic E-state index is 11.3. The lowest BCUT2D eigenvalue weighted by atomic mass is 10.1. The fraction of sp³-hybridized carbons (Fsp3) is 0.778. The van der Waals surface area contributed by atoms with E-state index in [2.05, 4.69) is 20.7 Å². The molecule has 0 aromatic carbocycles. The Morgan fingerprint density at radius 2 is 2.00 bits per heavy atom. The standard InChI is InChI=1S/C18H30N4O2/c1-16(23)21-11-9-20(10-12-21)7-4-5-13-24-15-17-14-18-6-2-3-8-22(18)19-17/h14H,2-13,15H2,1H3. The third-order valence-corrected chi connectivity index (χ3v) is 5.05. The number of carbonyl (C=O) groups is 1. The number of aromatic nitrogens is 2. The molecule has 0 unspecified atom stereocenters. The molecule has 0 bridgehead atoms. The predicted molar refractivity (Wildman–Crippen MR) is 92.7 cm³/mol. The Hall–Kier alpha value is -1.40. The largest absolute Gasteiger partial charge is 0.375 e. The smallest absolute Gasteiger partial charge is 0.219 e. The number of nitrogens with zero attached hydrogens (tertiary/aromatic N) is 4. The van der Waals surface area contributed by atoms with E-state index in [9.17, 15) is 4.79 Å². The quantitative estimate of drug-likeness (QED) is 0.712. The molecule has 24 heavy (non-hydrogen) atoms. The molecule has 0 aliphatic carbocycles. The molecule has 2 aliphatic heterocycles. The molecule has 6 nitrogen and oxygen atoms in total. The van der Waals surface area contributed by atoms with Crippen LogP contribution in [0.3, 0.4) is 0 Å². The second-order valence-corrected chi connectivity index (χ2v) is 6.91. The summed E-state index contributed by atoms with van der Waals surface area (Å²) in [4.78, 5) is 15.7. The van der Waals surface area contributed by atoms with E-state index in [1.165, 1.54) is 18.5 Å². The first-order valence-corrected chi connectivity index (χ1v) is 9.33. The highest BCUT2D eigenvalue weighted by Gasteiger charge is 2.17. The maximum absolute atomic E-state index is 11.3. The number of hydrogen-bond donors (Lipinski definition) is 0. The van der Waals surface area contributed by atoms with Crippen LogP contribution in [0, 0.1) is 0 Å². The zero-order chi connectivity index (χ0) is 16.8. The van der Waals surface area contributed by atoms with Gasteiger partial charge in [0.05, 0.1) is 12.3 Å². The van der Waals surface area contributed by atoms with Crippen LogP contribution in [0.5, 0.6) is 0 Å². The fourth-order valence-corrected chi connectivity index (χ4v) is 3.55. The summed E-state index contributed by atoms with van der Waals surface area (Å²) >= 11 is 0. The molecule has 3 heterocycles. The normalized spacial score (nSPS) is 18.6. The molecule has 0 spiro atoms. The summed E-state index contributed by atoms with van der Waals surface area (Å²) in [6, 6.07) is 2.20. The Morgan fingerprint density at radius 1 is 1.17 bits per heavy atom. The second-order valence-electron chi connectivity index (χ2n) is 6.91. The van der Waals surface area contributed by atoms with Gasteiger partial charge in [-0.25, -0.2) is 0 Å². The lowest BCUT2D eigenvalue weighted by Gasteiger charge is -2.34. The van der Waals surface area contributed by atoms with Gasteiger partial charge in [0.15, 0.2) is 0 Å². The van der Waals surface area contributed by atoms with Gasteiger partial charge in [0.1, 0.15) is 0 Å². The third-order valence-electron chi connectivity index (χ3n) is 5.05. The molecule has 0 saturated carbocycles. The van der Waals surface area contributed by atoms with Crippen molar-refractivity contribution >= 4 is 5.91 Å². The van der Waals surface area contributed by atoms with Gasteiger partial charge in [0.2, 0.25) is 5.91 Å². The zero-order valence-electron chi connectivity index (χ0n) is 14.9. The van der Waals surface area contributed by atoms with Crippen molar-refractivity contribution in [2.45, 2.75) is 52.2 Å². The van der Waals surface area contributed by atoms with Crippen LogP contribution in [0.25, 0.3) is 0 Å². The molecule has 1 saturated heterocycles. The van der Waals surface area contributed by atoms with Crippen LogP contribution in [0.4, 0.5) is 0 Å². The summed E-state index contributed by atoms with van der Waals surface area (Å²) in [5.41, 5.74) is 2.44. The molecule has 0 atom stereocenters. The van der Waals surface area contributed by atoms with Crippen LogP contribution in [-0.4, -0.2) is 64.8 Å². The third kappa shape index (κ3) is 4.80. The van der Waals surface area contributed by atoms with Gasteiger partial charge in [0.25, 0.3) is 0 Å². The van der Waals surface area contributed by atoms with Gasteiger partial charge in [0, 0.05) is 51.9 Å². The summed E-state index contributed by atoms with van der Waals surface area (Å²) in [6.07, 6.45) is 5.92. The summed E-state index contributed by atoms with van der Waals surface area (Å²) < 4.78 is 7.93. The molecular weight excluding hydrogens is 304 g/mol. The Bertz CT molecular complexity index is 512. The number of amides is 1. The highest BCUT2D eigenvalue weighted by atomic mass is 16.5. The van der Waals surface area contributed by atoms with Crippen LogP contribution in [0.1, 0.15) is 44.0 Å². The molecule has 134 valence electrons. The van der Waals surface area contributed by atoms with E-state index in [0.29, 0.717) is 6.61 Å². The molecule has 1 fully saturated rings. The van der Waals surface area contributed by atoms with E-state index in [-0.39, 0.29) is 5.91 Å². The zero-order valence-corrected chi connectivity index (χ0v) is 14.9. The molecule has 1 aromatic heterocycles. The van der Waals surface area contributed by atoms with Crippen molar-refractivity contribution in [1.29, 1.82) is 0 Å². The number of aryl methyl sites for hydroxylation is 2. The number of fused-ring (bicyclic) bond motifs is 1. The molecular formula is C18H30N4O2. The van der Waals surface area contributed by atoms with Crippen molar-refractivity contribution in [3.63, 3.8) is 0 Å². The summed E-state index contributed by atoms with van der Waals surface area (Å²) in [6.45, 7) is 9.01. The first-order valence-electron chi connectivity index (χ1n) is 9.33. The van der Waals surface area contributed by atoms with Crippen molar-refractivity contribution in [2.24, 2.45) is 0 Å². The highest BCUT2D eigenvalue weighted by Crippen LogP contribution is 2.15. The first-order chi connectivity index (χ1) is 11.7. The van der Waals surface area contributed by atoms with E-state index in [0.717, 1.165) is 70.8 Å². The molecule has 1 aromatic rings. The van der Waals surface area contributed by atoms with Gasteiger partial charge in [-0.05, 0) is 44.7 Å². The Morgan fingerprint density at radius 3 is 2.75 bits per heavy atom. The monoisotopic (exact) mass is 334 g/mol.